The zero-order chi connectivity index (χ0) is 42.9. The first-order chi connectivity index (χ1) is 29.5. The summed E-state index contributed by atoms with van der Waals surface area (Å²) >= 11 is 0. The van der Waals surface area contributed by atoms with E-state index in [-0.39, 0.29) is 31.3 Å². The Bertz CT molecular complexity index is 2530. The molecule has 2 atom stereocenters. The van der Waals surface area contributed by atoms with Gasteiger partial charge in [0.05, 0.1) is 37.8 Å². The van der Waals surface area contributed by atoms with Crippen molar-refractivity contribution in [2.45, 2.75) is 78.8 Å². The van der Waals surface area contributed by atoms with Gasteiger partial charge >= 0.3 is 16.3 Å². The summed E-state index contributed by atoms with van der Waals surface area (Å²) in [5.74, 6) is 0.187. The van der Waals surface area contributed by atoms with Gasteiger partial charge in [-0.3, -0.25) is 4.79 Å². The van der Waals surface area contributed by atoms with E-state index in [0.717, 1.165) is 63.9 Å². The van der Waals surface area contributed by atoms with Crippen LogP contribution in [0, 0.1) is 13.8 Å². The van der Waals surface area contributed by atoms with Crippen LogP contribution in [0.5, 0.6) is 11.5 Å². The molecule has 5 aromatic carbocycles. The summed E-state index contributed by atoms with van der Waals surface area (Å²) in [4.78, 5) is 15.5. The lowest BCUT2D eigenvalue weighted by atomic mass is 9.83. The molecule has 0 fully saturated rings. The van der Waals surface area contributed by atoms with Crippen LogP contribution in [0.2, 0.25) is 0 Å². The van der Waals surface area contributed by atoms with Crippen LogP contribution in [0.25, 0.3) is 11.0 Å². The monoisotopic (exact) mass is 845 g/mol. The average molecular weight is 846 g/mol. The summed E-state index contributed by atoms with van der Waals surface area (Å²) in [6, 6.07) is 34.7. The Balaban J connectivity index is 1.07. The molecule has 2 heterocycles. The van der Waals surface area contributed by atoms with Gasteiger partial charge in [-0.2, -0.15) is 12.7 Å². The van der Waals surface area contributed by atoms with Crippen molar-refractivity contribution in [1.82, 2.24) is 24.2 Å². The van der Waals surface area contributed by atoms with Crippen LogP contribution in [0.1, 0.15) is 83.2 Å². The van der Waals surface area contributed by atoms with E-state index < -0.39 is 22.3 Å². The largest absolute Gasteiger partial charge is 0.489 e. The van der Waals surface area contributed by atoms with Gasteiger partial charge in [0.2, 0.25) is 0 Å². The van der Waals surface area contributed by atoms with Crippen molar-refractivity contribution in [1.29, 1.82) is 0 Å². The molecule has 0 radical (unpaired) electrons. The van der Waals surface area contributed by atoms with E-state index in [4.69, 9.17) is 18.4 Å². The molecule has 0 saturated carbocycles. The lowest BCUT2D eigenvalue weighted by molar-refractivity contribution is -0.143. The quantitative estimate of drug-likeness (QED) is 0.0580. The molecule has 0 spiro atoms. The fourth-order valence-corrected chi connectivity index (χ4v) is 9.20. The fourth-order valence-electron chi connectivity index (χ4n) is 7.92. The highest BCUT2D eigenvalue weighted by Crippen LogP contribution is 2.40. The Morgan fingerprint density at radius 1 is 0.885 bits per heavy atom. The van der Waals surface area contributed by atoms with Crippen LogP contribution in [-0.2, 0) is 50.9 Å². The normalized spacial score (nSPS) is 14.7. The van der Waals surface area contributed by atoms with Crippen LogP contribution in [0.15, 0.2) is 109 Å². The minimum Gasteiger partial charge on any atom is -0.489 e. The fraction of sp³-hybridized carbons (Fsp3) is 0.354. The van der Waals surface area contributed by atoms with Gasteiger partial charge < -0.3 is 23.3 Å². The molecule has 1 aromatic heterocycles. The number of aromatic nitrogens is 3. The molecule has 1 aliphatic heterocycles. The van der Waals surface area contributed by atoms with Gasteiger partial charge in [0.1, 0.15) is 23.6 Å². The summed E-state index contributed by atoms with van der Waals surface area (Å²) in [6.45, 7) is 12.0. The molecule has 7 rings (SSSR count). The predicted molar refractivity (Wildman–Crippen MR) is 235 cm³/mol. The standard InChI is InChI=1S/C48H55N5O7S/c1-6-58-47(54)30-44(42-21-22-45-48(35(42)3)49-50-52(45)25-13-24-51(5)26-27-57-32-37-14-9-7-10-15-37)39-19-18-34(2)43(29-39)36(4)53-31-40-28-41(20-23-46(40)60-61(53,55)56)59-33-38-16-11-8-12-17-38/h7-12,14-23,28-29,36,44H,6,13,24-27,30-33H2,1-5H3/t36-,44?/m1/s1. The number of benzene rings is 5. The van der Waals surface area contributed by atoms with Crippen molar-refractivity contribution in [3.63, 3.8) is 0 Å². The molecule has 12 nitrogen and oxygen atoms in total. The smallest absolute Gasteiger partial charge is 0.386 e. The molecular formula is C48H55N5O7S. The number of carbonyl (C=O) groups excluding carboxylic acids is 1. The number of ether oxygens (including phenoxy) is 3. The SMILES string of the molecule is CCOC(=O)CC(c1ccc(C)c([C@@H](C)N2Cc3cc(OCc4ccccc4)ccc3OS2(=O)=O)c1)c1ccc2c(nnn2CCCN(C)CCOCc2ccccc2)c1C. The van der Waals surface area contributed by atoms with Crippen molar-refractivity contribution < 1.29 is 31.6 Å². The average Bonchev–Trinajstić information content (AvgIpc) is 3.68. The number of fused-ring (bicyclic) bond motifs is 2. The van der Waals surface area contributed by atoms with Crippen molar-refractivity contribution in [3.05, 3.63) is 154 Å². The minimum absolute atomic E-state index is 0.0941. The molecule has 1 unspecified atom stereocenters. The Hall–Kier alpha value is -5.60. The summed E-state index contributed by atoms with van der Waals surface area (Å²) in [7, 11) is -2.05. The number of rotatable bonds is 19. The maximum absolute atomic E-state index is 13.7. The predicted octanol–water partition coefficient (Wildman–Crippen LogP) is 8.45. The van der Waals surface area contributed by atoms with Crippen molar-refractivity contribution in [3.8, 4) is 11.5 Å². The maximum Gasteiger partial charge on any atom is 0.386 e. The van der Waals surface area contributed by atoms with Crippen molar-refractivity contribution in [2.24, 2.45) is 0 Å². The zero-order valence-corrected chi connectivity index (χ0v) is 36.4. The molecular weight excluding hydrogens is 791 g/mol. The van der Waals surface area contributed by atoms with Crippen LogP contribution < -0.4 is 8.92 Å². The van der Waals surface area contributed by atoms with E-state index in [0.29, 0.717) is 37.7 Å². The van der Waals surface area contributed by atoms with Gasteiger partial charge in [0.25, 0.3) is 0 Å². The van der Waals surface area contributed by atoms with Gasteiger partial charge in [0.15, 0.2) is 0 Å². The third kappa shape index (κ3) is 10.7. The van der Waals surface area contributed by atoms with Crippen LogP contribution in [0.4, 0.5) is 0 Å². The highest BCUT2D eigenvalue weighted by Gasteiger charge is 2.37. The summed E-state index contributed by atoms with van der Waals surface area (Å²) in [5.41, 5.74) is 9.02. The van der Waals surface area contributed by atoms with Crippen LogP contribution in [0.3, 0.4) is 0 Å². The number of hydrogen-bond acceptors (Lipinski definition) is 10. The van der Waals surface area contributed by atoms with E-state index in [1.165, 1.54) is 9.87 Å². The number of aryl methyl sites for hydroxylation is 3. The van der Waals surface area contributed by atoms with E-state index in [1.807, 2.05) is 104 Å². The zero-order valence-electron chi connectivity index (χ0n) is 35.6. The first kappa shape index (κ1) is 43.5. The maximum atomic E-state index is 13.7. The Morgan fingerprint density at radius 3 is 2.36 bits per heavy atom. The van der Waals surface area contributed by atoms with E-state index in [2.05, 4.69) is 40.5 Å². The Kier molecular flexibility index (Phi) is 14.2. The first-order valence-electron chi connectivity index (χ1n) is 20.9. The first-order valence-corrected chi connectivity index (χ1v) is 22.3. The van der Waals surface area contributed by atoms with Crippen LogP contribution >= 0.6 is 0 Å². The van der Waals surface area contributed by atoms with Crippen molar-refractivity contribution in [2.75, 3.05) is 33.4 Å². The second kappa shape index (κ2) is 19.9. The second-order valence-electron chi connectivity index (χ2n) is 15.6. The van der Waals surface area contributed by atoms with Gasteiger partial charge in [-0.05, 0) is 111 Å². The molecule has 0 N–H and O–H groups in total. The molecule has 6 aromatic rings. The second-order valence-corrected chi connectivity index (χ2v) is 17.1. The molecule has 0 aliphatic carbocycles. The van der Waals surface area contributed by atoms with Crippen LogP contribution in [-0.4, -0.2) is 71.9 Å². The lowest BCUT2D eigenvalue weighted by Gasteiger charge is -2.33. The summed E-state index contributed by atoms with van der Waals surface area (Å²) < 4.78 is 53.7. The Labute approximate surface area is 359 Å². The lowest BCUT2D eigenvalue weighted by Crippen LogP contribution is -2.39. The highest BCUT2D eigenvalue weighted by atomic mass is 32.2. The Morgan fingerprint density at radius 2 is 1.62 bits per heavy atom. The molecule has 1 aliphatic rings. The highest BCUT2D eigenvalue weighted by molar-refractivity contribution is 7.84. The molecule has 0 saturated heterocycles. The van der Waals surface area contributed by atoms with Crippen molar-refractivity contribution >= 4 is 27.3 Å². The minimum atomic E-state index is -4.14. The number of likely N-dealkylation sites (N-methyl/N-ethyl adjacent to an activating group) is 1. The number of esters is 1. The van der Waals surface area contributed by atoms with Gasteiger partial charge in [-0.1, -0.05) is 90.1 Å². The summed E-state index contributed by atoms with van der Waals surface area (Å²) in [5, 5.41) is 9.15. The van der Waals surface area contributed by atoms with E-state index >= 15 is 0 Å². The third-order valence-corrected chi connectivity index (χ3v) is 12.8. The van der Waals surface area contributed by atoms with E-state index in [1.54, 1.807) is 19.1 Å². The molecule has 13 heteroatoms. The molecule has 320 valence electrons. The van der Waals surface area contributed by atoms with Gasteiger partial charge in [-0.25, -0.2) is 4.68 Å². The van der Waals surface area contributed by atoms with Gasteiger partial charge in [0, 0.05) is 31.1 Å². The molecule has 0 bridgehead atoms. The number of hydrogen-bond donors (Lipinski definition) is 0. The summed E-state index contributed by atoms with van der Waals surface area (Å²) in [6.07, 6.45) is 0.980. The number of carbonyl (C=O) groups is 1. The van der Waals surface area contributed by atoms with E-state index in [9.17, 15) is 13.2 Å². The third-order valence-electron chi connectivity index (χ3n) is 11.3. The topological polar surface area (TPSA) is 125 Å². The number of nitrogens with zero attached hydrogens (tertiary/aromatic N) is 5. The van der Waals surface area contributed by atoms with Gasteiger partial charge in [-0.15, -0.1) is 5.10 Å². The molecule has 61 heavy (non-hydrogen) atoms. The molecule has 0 amide bonds.